The Bertz CT molecular complexity index is 320. The van der Waals surface area contributed by atoms with Crippen LogP contribution in [0.25, 0.3) is 0 Å². The molecule has 72 valence electrons. The molecule has 3 nitrogen and oxygen atoms in total. The first kappa shape index (κ1) is 11.8. The van der Waals surface area contributed by atoms with Crippen molar-refractivity contribution in [3.8, 4) is 0 Å². The Morgan fingerprint density at radius 1 is 1.23 bits per heavy atom. The Morgan fingerprint density at radius 2 is 1.85 bits per heavy atom. The van der Waals surface area contributed by atoms with E-state index in [2.05, 4.69) is 43.1 Å². The second-order valence-electron chi connectivity index (χ2n) is 2.98. The van der Waals surface area contributed by atoms with Crippen LogP contribution >= 0.6 is 0 Å². The molecule has 0 bridgehead atoms. The third kappa shape index (κ3) is 1.76. The van der Waals surface area contributed by atoms with Crippen LogP contribution in [0.5, 0.6) is 0 Å². The largest absolute Gasteiger partial charge is 0.412 e. The smallest absolute Gasteiger partial charge is 0.0730 e. The normalized spacial score (nSPS) is 18.0. The molecule has 1 unspecified atom stereocenters. The highest BCUT2D eigenvalue weighted by molar-refractivity contribution is 6.02. The molecule has 1 heterocycles. The predicted octanol–water partition coefficient (Wildman–Crippen LogP) is 1.91. The van der Waals surface area contributed by atoms with Crippen LogP contribution in [0.15, 0.2) is 29.3 Å². The van der Waals surface area contributed by atoms with Crippen molar-refractivity contribution in [3.63, 3.8) is 0 Å². The first-order valence-electron chi connectivity index (χ1n) is 3.93. The van der Waals surface area contributed by atoms with Crippen molar-refractivity contribution in [2.45, 2.75) is 19.9 Å². The lowest BCUT2D eigenvalue weighted by molar-refractivity contribution is 0.824. The van der Waals surface area contributed by atoms with E-state index >= 15 is 0 Å². The maximum absolute atomic E-state index is 4.47. The number of fused-ring (bicyclic) bond motifs is 1. The molecule has 0 amide bonds. The second-order valence-corrected chi connectivity index (χ2v) is 2.98. The molecule has 5 N–H and O–H groups in total. The quantitative estimate of drug-likeness (QED) is 0.650. The van der Waals surface area contributed by atoms with Crippen molar-refractivity contribution in [2.75, 3.05) is 0 Å². The maximum Gasteiger partial charge on any atom is 0.0730 e. The van der Waals surface area contributed by atoms with Crippen LogP contribution in [0.4, 0.5) is 0 Å². The second kappa shape index (κ2) is 4.16. The predicted molar refractivity (Wildman–Crippen MR) is 55.7 cm³/mol. The van der Waals surface area contributed by atoms with Gasteiger partial charge in [0.15, 0.2) is 0 Å². The first-order valence-corrected chi connectivity index (χ1v) is 3.93. The third-order valence-corrected chi connectivity index (χ3v) is 2.19. The van der Waals surface area contributed by atoms with Gasteiger partial charge in [-0.05, 0) is 19.4 Å². The molecule has 2 rings (SSSR count). The van der Waals surface area contributed by atoms with E-state index in [0.717, 1.165) is 0 Å². The summed E-state index contributed by atoms with van der Waals surface area (Å²) in [6.07, 6.45) is 0. The lowest BCUT2D eigenvalue weighted by atomic mass is 10.0. The molecule has 0 aliphatic carbocycles. The number of aliphatic imine (C=N–C) groups is 1. The number of benzene rings is 1. The van der Waals surface area contributed by atoms with E-state index in [1.165, 1.54) is 16.8 Å². The van der Waals surface area contributed by atoms with Crippen molar-refractivity contribution in [2.24, 2.45) is 4.99 Å². The molecular weight excluding hydrogens is 164 g/mol. The highest BCUT2D eigenvalue weighted by atomic mass is 16.0. The lowest BCUT2D eigenvalue weighted by Gasteiger charge is -2.00. The Morgan fingerprint density at radius 3 is 2.46 bits per heavy atom. The molecule has 1 aliphatic heterocycles. The van der Waals surface area contributed by atoms with Crippen LogP contribution < -0.4 is 6.15 Å². The molecule has 0 saturated heterocycles. The molecular formula is C10H16N2O. The van der Waals surface area contributed by atoms with E-state index in [9.17, 15) is 0 Å². The minimum absolute atomic E-state index is 0. The molecule has 0 fully saturated rings. The number of hydrogen-bond donors (Lipinski definition) is 1. The fraction of sp³-hybridized carbons (Fsp3) is 0.300. The molecule has 0 aromatic heterocycles. The van der Waals surface area contributed by atoms with Gasteiger partial charge in [-0.3, -0.25) is 4.99 Å². The van der Waals surface area contributed by atoms with Crippen LogP contribution in [-0.2, 0) is 0 Å². The van der Waals surface area contributed by atoms with Gasteiger partial charge in [-0.2, -0.15) is 0 Å². The SMILES string of the molecule is CC1=NC(C)c2ccccc21.N.O. The minimum atomic E-state index is 0. The molecule has 0 spiro atoms. The zero-order chi connectivity index (χ0) is 7.84. The summed E-state index contributed by atoms with van der Waals surface area (Å²) >= 11 is 0. The van der Waals surface area contributed by atoms with E-state index in [1.54, 1.807) is 0 Å². The van der Waals surface area contributed by atoms with Crippen molar-refractivity contribution < 1.29 is 5.48 Å². The molecule has 1 aromatic carbocycles. The number of rotatable bonds is 0. The van der Waals surface area contributed by atoms with Gasteiger partial charge in [0.1, 0.15) is 0 Å². The molecule has 13 heavy (non-hydrogen) atoms. The molecule has 1 atom stereocenters. The van der Waals surface area contributed by atoms with Gasteiger partial charge in [-0.1, -0.05) is 24.3 Å². The van der Waals surface area contributed by atoms with Gasteiger partial charge >= 0.3 is 0 Å². The Kier molecular flexibility index (Phi) is 3.78. The summed E-state index contributed by atoms with van der Waals surface area (Å²) in [7, 11) is 0. The lowest BCUT2D eigenvalue weighted by Crippen LogP contribution is -1.90. The summed E-state index contributed by atoms with van der Waals surface area (Å²) in [5, 5.41) is 0. The van der Waals surface area contributed by atoms with Gasteiger partial charge < -0.3 is 11.6 Å². The minimum Gasteiger partial charge on any atom is -0.412 e. The molecule has 0 radical (unpaired) electrons. The van der Waals surface area contributed by atoms with Gasteiger partial charge in [0, 0.05) is 11.3 Å². The molecule has 3 heteroatoms. The van der Waals surface area contributed by atoms with Crippen molar-refractivity contribution in [3.05, 3.63) is 35.4 Å². The van der Waals surface area contributed by atoms with Gasteiger partial charge in [0.2, 0.25) is 0 Å². The van der Waals surface area contributed by atoms with E-state index < -0.39 is 0 Å². The zero-order valence-electron chi connectivity index (χ0n) is 8.04. The van der Waals surface area contributed by atoms with E-state index in [1.807, 2.05) is 0 Å². The summed E-state index contributed by atoms with van der Waals surface area (Å²) in [6, 6.07) is 8.79. The third-order valence-electron chi connectivity index (χ3n) is 2.19. The number of nitrogens with zero attached hydrogens (tertiary/aromatic N) is 1. The van der Waals surface area contributed by atoms with Gasteiger partial charge in [-0.15, -0.1) is 0 Å². The van der Waals surface area contributed by atoms with Crippen molar-refractivity contribution in [1.29, 1.82) is 0 Å². The topological polar surface area (TPSA) is 78.9 Å². The fourth-order valence-corrected chi connectivity index (χ4v) is 1.62. The van der Waals surface area contributed by atoms with Crippen LogP contribution in [0.3, 0.4) is 0 Å². The maximum atomic E-state index is 4.47. The van der Waals surface area contributed by atoms with E-state index in [4.69, 9.17) is 0 Å². The summed E-state index contributed by atoms with van der Waals surface area (Å²) < 4.78 is 0. The average Bonchev–Trinajstić information content (AvgIpc) is 2.30. The molecule has 1 aromatic rings. The molecule has 0 saturated carbocycles. The van der Waals surface area contributed by atoms with Crippen LogP contribution in [0.1, 0.15) is 31.0 Å². The standard InChI is InChI=1S/C10H11N.H3N.H2O/c1-7-9-5-3-4-6-10(9)8(2)11-7;;/h3-7H,1-2H3;1H3;1H2. The Balaban J connectivity index is 0.000000720. The average molecular weight is 180 g/mol. The number of hydrogen-bond acceptors (Lipinski definition) is 2. The first-order chi connectivity index (χ1) is 5.29. The highest BCUT2D eigenvalue weighted by Gasteiger charge is 2.16. The van der Waals surface area contributed by atoms with Gasteiger partial charge in [0.05, 0.1) is 6.04 Å². The van der Waals surface area contributed by atoms with Crippen LogP contribution in [0, 0.1) is 0 Å². The van der Waals surface area contributed by atoms with Crippen LogP contribution in [0.2, 0.25) is 0 Å². The van der Waals surface area contributed by atoms with Crippen LogP contribution in [-0.4, -0.2) is 11.2 Å². The Hall–Kier alpha value is -1.19. The zero-order valence-corrected chi connectivity index (χ0v) is 8.04. The van der Waals surface area contributed by atoms with E-state index in [0.29, 0.717) is 6.04 Å². The van der Waals surface area contributed by atoms with Crippen molar-refractivity contribution in [1.82, 2.24) is 6.15 Å². The summed E-state index contributed by atoms with van der Waals surface area (Å²) in [5.41, 5.74) is 3.86. The summed E-state index contributed by atoms with van der Waals surface area (Å²) in [6.45, 7) is 4.21. The summed E-state index contributed by atoms with van der Waals surface area (Å²) in [5.74, 6) is 0. The monoisotopic (exact) mass is 180 g/mol. The van der Waals surface area contributed by atoms with E-state index in [-0.39, 0.29) is 11.6 Å². The van der Waals surface area contributed by atoms with Crippen molar-refractivity contribution >= 4 is 5.71 Å². The summed E-state index contributed by atoms with van der Waals surface area (Å²) in [4.78, 5) is 4.47. The fourth-order valence-electron chi connectivity index (χ4n) is 1.62. The van der Waals surface area contributed by atoms with Gasteiger partial charge in [0.25, 0.3) is 0 Å². The Labute approximate surface area is 78.4 Å². The van der Waals surface area contributed by atoms with Gasteiger partial charge in [-0.25, -0.2) is 0 Å². The molecule has 1 aliphatic rings. The highest BCUT2D eigenvalue weighted by Crippen LogP contribution is 2.28.